The molecule has 2 rings (SSSR count). The second kappa shape index (κ2) is 5.02. The summed E-state index contributed by atoms with van der Waals surface area (Å²) in [7, 11) is 0. The fourth-order valence-electron chi connectivity index (χ4n) is 1.85. The fourth-order valence-corrected chi connectivity index (χ4v) is 2.48. The Hall–Kier alpha value is -0.800. The van der Waals surface area contributed by atoms with Gasteiger partial charge in [-0.05, 0) is 49.1 Å². The lowest BCUT2D eigenvalue weighted by Gasteiger charge is -2.20. The van der Waals surface area contributed by atoms with E-state index in [9.17, 15) is 5.11 Å². The van der Waals surface area contributed by atoms with Gasteiger partial charge < -0.3 is 9.84 Å². The number of rotatable bonds is 2. The Kier molecular flexibility index (Phi) is 3.66. The smallest absolute Gasteiger partial charge is 0.136 e. The van der Waals surface area contributed by atoms with E-state index in [2.05, 4.69) is 15.9 Å². The van der Waals surface area contributed by atoms with Gasteiger partial charge >= 0.3 is 0 Å². The topological polar surface area (TPSA) is 29.5 Å². The van der Waals surface area contributed by atoms with E-state index >= 15 is 0 Å². The molecule has 0 saturated heterocycles. The van der Waals surface area contributed by atoms with Gasteiger partial charge in [-0.2, -0.15) is 0 Å². The van der Waals surface area contributed by atoms with Crippen molar-refractivity contribution >= 4 is 15.9 Å². The minimum absolute atomic E-state index is 0.642. The first-order valence-corrected chi connectivity index (χ1v) is 6.24. The summed E-state index contributed by atoms with van der Waals surface area (Å²) >= 11 is 3.43. The number of aliphatic hydroxyl groups is 1. The first-order valence-electron chi connectivity index (χ1n) is 5.45. The van der Waals surface area contributed by atoms with Gasteiger partial charge in [-0.1, -0.05) is 22.0 Å². The number of hydrogen-bond acceptors (Lipinski definition) is 2. The summed E-state index contributed by atoms with van der Waals surface area (Å²) in [5.41, 5.74) is 2.00. The Morgan fingerprint density at radius 2 is 2.19 bits per heavy atom. The molecule has 0 radical (unpaired) electrons. The monoisotopic (exact) mass is 282 g/mol. The number of allylic oxidation sites excluding steroid dienone is 1. The van der Waals surface area contributed by atoms with Gasteiger partial charge in [0, 0.05) is 4.47 Å². The first-order chi connectivity index (χ1) is 7.66. The summed E-state index contributed by atoms with van der Waals surface area (Å²) in [6.45, 7) is 2.72. The van der Waals surface area contributed by atoms with Gasteiger partial charge in [-0.3, -0.25) is 0 Å². The molecule has 0 saturated carbocycles. The number of benzene rings is 1. The average Bonchev–Trinajstić information content (AvgIpc) is 2.28. The lowest BCUT2D eigenvalue weighted by atomic mass is 10.0. The van der Waals surface area contributed by atoms with E-state index in [-0.39, 0.29) is 0 Å². The molecule has 0 spiro atoms. The zero-order valence-electron chi connectivity index (χ0n) is 9.24. The van der Waals surface area contributed by atoms with Gasteiger partial charge in [-0.25, -0.2) is 0 Å². The van der Waals surface area contributed by atoms with Gasteiger partial charge in [0.1, 0.15) is 11.9 Å². The zero-order chi connectivity index (χ0) is 11.5. The van der Waals surface area contributed by atoms with Crippen LogP contribution in [-0.4, -0.2) is 11.7 Å². The summed E-state index contributed by atoms with van der Waals surface area (Å²) < 4.78 is 6.45. The number of hydrogen-bond donors (Lipinski definition) is 1. The Labute approximate surface area is 104 Å². The van der Waals surface area contributed by atoms with Gasteiger partial charge in [0.15, 0.2) is 0 Å². The largest absolute Gasteiger partial charge is 0.495 e. The molecule has 1 aliphatic heterocycles. The van der Waals surface area contributed by atoms with E-state index in [1.165, 1.54) is 0 Å². The van der Waals surface area contributed by atoms with Crippen LogP contribution in [-0.2, 0) is 4.74 Å². The third kappa shape index (κ3) is 2.66. The predicted octanol–water partition coefficient (Wildman–Crippen LogP) is 3.49. The molecule has 1 unspecified atom stereocenters. The third-order valence-electron chi connectivity index (χ3n) is 2.61. The van der Waals surface area contributed by atoms with Gasteiger partial charge in [0.05, 0.1) is 6.61 Å². The zero-order valence-corrected chi connectivity index (χ0v) is 10.8. The molecule has 1 atom stereocenters. The standard InChI is InChI=1S/C13H15BrO2/c1-9-6-10(8-11(14)7-9)13(15)12-4-2-3-5-16-12/h4,6-8,13,15H,2-3,5H2,1H3. The van der Waals surface area contributed by atoms with Crippen LogP contribution in [0, 0.1) is 6.92 Å². The highest BCUT2D eigenvalue weighted by Gasteiger charge is 2.17. The normalized spacial score (nSPS) is 17.6. The van der Waals surface area contributed by atoms with E-state index in [4.69, 9.17) is 4.74 Å². The van der Waals surface area contributed by atoms with Crippen molar-refractivity contribution in [2.45, 2.75) is 25.9 Å². The molecule has 0 aromatic heterocycles. The van der Waals surface area contributed by atoms with Gasteiger partial charge in [0.2, 0.25) is 0 Å². The number of aryl methyl sites for hydroxylation is 1. The summed E-state index contributed by atoms with van der Waals surface area (Å²) in [5, 5.41) is 10.2. The van der Waals surface area contributed by atoms with Crippen LogP contribution in [0.4, 0.5) is 0 Å². The van der Waals surface area contributed by atoms with Crippen molar-refractivity contribution in [1.29, 1.82) is 0 Å². The Bertz CT molecular complexity index is 392. The highest BCUT2D eigenvalue weighted by Crippen LogP contribution is 2.28. The molecule has 0 fully saturated rings. The van der Waals surface area contributed by atoms with Crippen molar-refractivity contribution in [2.75, 3.05) is 6.61 Å². The van der Waals surface area contributed by atoms with Crippen LogP contribution < -0.4 is 0 Å². The molecule has 0 amide bonds. The van der Waals surface area contributed by atoms with Gasteiger partial charge in [-0.15, -0.1) is 0 Å². The highest BCUT2D eigenvalue weighted by atomic mass is 79.9. The fraction of sp³-hybridized carbons (Fsp3) is 0.385. The van der Waals surface area contributed by atoms with E-state index in [0.717, 1.165) is 28.4 Å². The van der Waals surface area contributed by atoms with Crippen molar-refractivity contribution in [3.8, 4) is 0 Å². The minimum Gasteiger partial charge on any atom is -0.495 e. The Morgan fingerprint density at radius 1 is 1.38 bits per heavy atom. The lowest BCUT2D eigenvalue weighted by molar-refractivity contribution is 0.0917. The molecular weight excluding hydrogens is 268 g/mol. The molecule has 0 bridgehead atoms. The van der Waals surface area contributed by atoms with Crippen LogP contribution in [0.5, 0.6) is 0 Å². The molecule has 2 nitrogen and oxygen atoms in total. The Balaban J connectivity index is 2.25. The molecule has 1 aliphatic rings. The van der Waals surface area contributed by atoms with Crippen molar-refractivity contribution in [2.24, 2.45) is 0 Å². The molecule has 86 valence electrons. The van der Waals surface area contributed by atoms with Crippen LogP contribution in [0.1, 0.15) is 30.1 Å². The maximum atomic E-state index is 10.2. The van der Waals surface area contributed by atoms with Crippen LogP contribution in [0.3, 0.4) is 0 Å². The van der Waals surface area contributed by atoms with Crippen LogP contribution in [0.15, 0.2) is 34.5 Å². The molecule has 1 aromatic carbocycles. The molecule has 3 heteroatoms. The third-order valence-corrected chi connectivity index (χ3v) is 3.07. The number of ether oxygens (including phenoxy) is 1. The molecular formula is C13H15BrO2. The van der Waals surface area contributed by atoms with E-state index in [0.29, 0.717) is 12.4 Å². The van der Waals surface area contributed by atoms with Crippen LogP contribution >= 0.6 is 15.9 Å². The Morgan fingerprint density at radius 3 is 2.81 bits per heavy atom. The van der Waals surface area contributed by atoms with Crippen molar-refractivity contribution in [1.82, 2.24) is 0 Å². The van der Waals surface area contributed by atoms with Crippen LogP contribution in [0.25, 0.3) is 0 Å². The van der Waals surface area contributed by atoms with E-state index < -0.39 is 6.10 Å². The summed E-state index contributed by atoms with van der Waals surface area (Å²) in [6.07, 6.45) is 3.36. The summed E-state index contributed by atoms with van der Waals surface area (Å²) in [6, 6.07) is 5.93. The second-order valence-electron chi connectivity index (χ2n) is 4.06. The summed E-state index contributed by atoms with van der Waals surface area (Å²) in [5.74, 6) is 0.684. The van der Waals surface area contributed by atoms with Crippen LogP contribution in [0.2, 0.25) is 0 Å². The molecule has 1 aromatic rings. The van der Waals surface area contributed by atoms with Gasteiger partial charge in [0.25, 0.3) is 0 Å². The van der Waals surface area contributed by atoms with Crippen molar-refractivity contribution in [3.63, 3.8) is 0 Å². The maximum Gasteiger partial charge on any atom is 0.136 e. The lowest BCUT2D eigenvalue weighted by Crippen LogP contribution is -2.10. The minimum atomic E-state index is -0.642. The highest BCUT2D eigenvalue weighted by molar-refractivity contribution is 9.10. The number of halogens is 1. The number of aliphatic hydroxyl groups excluding tert-OH is 1. The predicted molar refractivity (Wildman–Crippen MR) is 67.1 cm³/mol. The summed E-state index contributed by atoms with van der Waals surface area (Å²) in [4.78, 5) is 0. The van der Waals surface area contributed by atoms with Crippen molar-refractivity contribution in [3.05, 3.63) is 45.6 Å². The average molecular weight is 283 g/mol. The second-order valence-corrected chi connectivity index (χ2v) is 4.98. The molecule has 0 aliphatic carbocycles. The van der Waals surface area contributed by atoms with Crippen molar-refractivity contribution < 1.29 is 9.84 Å². The first kappa shape index (κ1) is 11.7. The maximum absolute atomic E-state index is 10.2. The molecule has 1 N–H and O–H groups in total. The quantitative estimate of drug-likeness (QED) is 0.900. The SMILES string of the molecule is Cc1cc(Br)cc(C(O)C2=CCCCO2)c1. The molecule has 1 heterocycles. The van der Waals surface area contributed by atoms with E-state index in [1.54, 1.807) is 0 Å². The van der Waals surface area contributed by atoms with E-state index in [1.807, 2.05) is 31.2 Å². The molecule has 16 heavy (non-hydrogen) atoms.